The number of ether oxygens (including phenoxy) is 1. The van der Waals surface area contributed by atoms with Crippen molar-refractivity contribution in [3.8, 4) is 0 Å². The van der Waals surface area contributed by atoms with E-state index in [0.717, 1.165) is 6.07 Å². The van der Waals surface area contributed by atoms with Gasteiger partial charge in [0.25, 0.3) is 0 Å². The maximum atomic E-state index is 13.6. The number of carbonyl (C=O) groups is 1. The normalized spacial score (nSPS) is 28.5. The van der Waals surface area contributed by atoms with E-state index in [2.05, 4.69) is 5.32 Å². The highest BCUT2D eigenvalue weighted by Gasteiger charge is 2.37. The van der Waals surface area contributed by atoms with Crippen molar-refractivity contribution in [2.45, 2.75) is 31.1 Å². The van der Waals surface area contributed by atoms with Crippen molar-refractivity contribution in [1.82, 2.24) is 5.32 Å². The zero-order valence-electron chi connectivity index (χ0n) is 11.6. The molecule has 0 aromatic heterocycles. The fraction of sp³-hybridized carbons (Fsp3) is 0.533. The molecule has 7 heteroatoms. The fourth-order valence-electron chi connectivity index (χ4n) is 3.19. The number of rotatable bonds is 2. The number of halogens is 4. The van der Waals surface area contributed by atoms with Crippen molar-refractivity contribution < 1.29 is 27.1 Å². The Kier molecular flexibility index (Phi) is 3.94. The van der Waals surface area contributed by atoms with Crippen LogP contribution in [0.5, 0.6) is 0 Å². The average molecular weight is 317 g/mol. The molecule has 1 aromatic rings. The van der Waals surface area contributed by atoms with Crippen LogP contribution < -0.4 is 5.32 Å². The van der Waals surface area contributed by atoms with E-state index < -0.39 is 17.6 Å². The Bertz CT molecular complexity index is 575. The van der Waals surface area contributed by atoms with Crippen LogP contribution in [0.2, 0.25) is 0 Å². The molecule has 0 aliphatic carbocycles. The Morgan fingerprint density at radius 2 is 1.82 bits per heavy atom. The molecule has 2 saturated heterocycles. The molecule has 2 aliphatic heterocycles. The van der Waals surface area contributed by atoms with Gasteiger partial charge in [-0.25, -0.2) is 4.39 Å². The highest BCUT2D eigenvalue weighted by Crippen LogP contribution is 2.33. The first kappa shape index (κ1) is 15.4. The number of benzene rings is 1. The first-order chi connectivity index (χ1) is 10.3. The summed E-state index contributed by atoms with van der Waals surface area (Å²) in [4.78, 5) is 12.4. The van der Waals surface area contributed by atoms with Crippen LogP contribution in [0.3, 0.4) is 0 Å². The summed E-state index contributed by atoms with van der Waals surface area (Å²) in [6.45, 7) is 1.03. The molecule has 1 N–H and O–H groups in total. The van der Waals surface area contributed by atoms with E-state index >= 15 is 0 Å². The average Bonchev–Trinajstić information content (AvgIpc) is 2.44. The highest BCUT2D eigenvalue weighted by atomic mass is 19.4. The first-order valence-corrected chi connectivity index (χ1v) is 7.09. The van der Waals surface area contributed by atoms with Gasteiger partial charge in [-0.05, 0) is 25.0 Å². The second-order valence-corrected chi connectivity index (χ2v) is 5.82. The third kappa shape index (κ3) is 3.01. The molecule has 0 saturated carbocycles. The van der Waals surface area contributed by atoms with E-state index in [1.54, 1.807) is 0 Å². The Hall–Kier alpha value is -1.47. The standard InChI is InChI=1S/C15H15F4NO2/c16-13-5-8(1-2-12(13)15(17,18)19)14(21)9-3-10-6-22-7-11(4-9)20-10/h1-2,5,9-11,20H,3-4,6-7H2. The third-order valence-corrected chi connectivity index (χ3v) is 4.18. The smallest absolute Gasteiger partial charge is 0.378 e. The number of hydrogen-bond donors (Lipinski definition) is 1. The summed E-state index contributed by atoms with van der Waals surface area (Å²) >= 11 is 0. The van der Waals surface area contributed by atoms with Crippen molar-refractivity contribution in [2.75, 3.05) is 13.2 Å². The summed E-state index contributed by atoms with van der Waals surface area (Å²) in [5, 5.41) is 3.33. The molecule has 120 valence electrons. The largest absolute Gasteiger partial charge is 0.419 e. The fourth-order valence-corrected chi connectivity index (χ4v) is 3.19. The Labute approximate surface area is 124 Å². The molecular weight excluding hydrogens is 302 g/mol. The Morgan fingerprint density at radius 3 is 2.36 bits per heavy atom. The second kappa shape index (κ2) is 5.62. The molecule has 2 aliphatic rings. The van der Waals surface area contributed by atoms with Gasteiger partial charge in [0, 0.05) is 23.6 Å². The molecule has 2 unspecified atom stereocenters. The summed E-state index contributed by atoms with van der Waals surface area (Å²) in [6.07, 6.45) is -3.65. The lowest BCUT2D eigenvalue weighted by Gasteiger charge is -2.39. The van der Waals surface area contributed by atoms with E-state index in [1.165, 1.54) is 0 Å². The third-order valence-electron chi connectivity index (χ3n) is 4.18. The van der Waals surface area contributed by atoms with Crippen LogP contribution in [0.1, 0.15) is 28.8 Å². The highest BCUT2D eigenvalue weighted by molar-refractivity contribution is 5.98. The number of hydrogen-bond acceptors (Lipinski definition) is 3. The quantitative estimate of drug-likeness (QED) is 0.673. The van der Waals surface area contributed by atoms with Gasteiger partial charge in [0.15, 0.2) is 5.78 Å². The van der Waals surface area contributed by atoms with Crippen molar-refractivity contribution in [3.05, 3.63) is 35.1 Å². The lowest BCUT2D eigenvalue weighted by atomic mass is 9.82. The molecule has 3 nitrogen and oxygen atoms in total. The maximum Gasteiger partial charge on any atom is 0.419 e. The van der Waals surface area contributed by atoms with Crippen LogP contribution in [0.4, 0.5) is 17.6 Å². The van der Waals surface area contributed by atoms with Crippen molar-refractivity contribution >= 4 is 5.78 Å². The molecule has 0 spiro atoms. The number of nitrogens with one attached hydrogen (secondary N) is 1. The van der Waals surface area contributed by atoms with Gasteiger partial charge in [0.05, 0.1) is 18.8 Å². The minimum atomic E-state index is -4.76. The van der Waals surface area contributed by atoms with Crippen molar-refractivity contribution in [2.24, 2.45) is 5.92 Å². The summed E-state index contributed by atoms with van der Waals surface area (Å²) in [6, 6.07) is 2.52. The van der Waals surface area contributed by atoms with E-state index in [-0.39, 0.29) is 29.3 Å². The Morgan fingerprint density at radius 1 is 1.18 bits per heavy atom. The number of morpholine rings is 1. The van der Waals surface area contributed by atoms with E-state index in [4.69, 9.17) is 4.74 Å². The summed E-state index contributed by atoms with van der Waals surface area (Å²) in [5.74, 6) is -2.02. The molecule has 3 rings (SSSR count). The van der Waals surface area contributed by atoms with Crippen LogP contribution >= 0.6 is 0 Å². The zero-order valence-corrected chi connectivity index (χ0v) is 11.6. The van der Waals surface area contributed by atoms with Gasteiger partial charge in [-0.3, -0.25) is 4.79 Å². The minimum Gasteiger partial charge on any atom is -0.378 e. The van der Waals surface area contributed by atoms with Crippen molar-refractivity contribution in [3.63, 3.8) is 0 Å². The van der Waals surface area contributed by atoms with Gasteiger partial charge in [0.1, 0.15) is 5.82 Å². The van der Waals surface area contributed by atoms with Gasteiger partial charge in [-0.1, -0.05) is 6.07 Å². The van der Waals surface area contributed by atoms with Gasteiger partial charge in [-0.15, -0.1) is 0 Å². The van der Waals surface area contributed by atoms with Gasteiger partial charge < -0.3 is 10.1 Å². The van der Waals surface area contributed by atoms with E-state index in [1.807, 2.05) is 0 Å². The zero-order chi connectivity index (χ0) is 15.9. The van der Waals surface area contributed by atoms with Crippen LogP contribution in [0, 0.1) is 11.7 Å². The van der Waals surface area contributed by atoms with Crippen LogP contribution in [0.15, 0.2) is 18.2 Å². The van der Waals surface area contributed by atoms with Gasteiger partial charge in [-0.2, -0.15) is 13.2 Å². The molecule has 2 atom stereocenters. The minimum absolute atomic E-state index is 0.00334. The lowest BCUT2D eigenvalue weighted by molar-refractivity contribution is -0.140. The number of piperidine rings is 1. The molecule has 0 radical (unpaired) electrons. The molecule has 1 aromatic carbocycles. The number of Topliss-reactive ketones (excluding diaryl/α,β-unsaturated/α-hetero) is 1. The van der Waals surface area contributed by atoms with Crippen molar-refractivity contribution in [1.29, 1.82) is 0 Å². The van der Waals surface area contributed by atoms with E-state index in [9.17, 15) is 22.4 Å². The topological polar surface area (TPSA) is 38.3 Å². The number of fused-ring (bicyclic) bond motifs is 2. The second-order valence-electron chi connectivity index (χ2n) is 5.82. The molecule has 2 fully saturated rings. The molecule has 2 heterocycles. The number of alkyl halides is 3. The summed E-state index contributed by atoms with van der Waals surface area (Å²) < 4.78 is 56.6. The SMILES string of the molecule is O=C(c1ccc(C(F)(F)F)c(F)c1)C1CC2COCC(C1)N2. The molecule has 2 bridgehead atoms. The molecule has 0 amide bonds. The summed E-state index contributed by atoms with van der Waals surface area (Å²) in [7, 11) is 0. The first-order valence-electron chi connectivity index (χ1n) is 7.09. The molecule has 22 heavy (non-hydrogen) atoms. The van der Waals surface area contributed by atoms with Gasteiger partial charge in [0.2, 0.25) is 0 Å². The number of ketones is 1. The number of carbonyl (C=O) groups excluding carboxylic acids is 1. The van der Waals surface area contributed by atoms with Crippen LogP contribution in [-0.4, -0.2) is 31.1 Å². The monoisotopic (exact) mass is 317 g/mol. The van der Waals surface area contributed by atoms with E-state index in [0.29, 0.717) is 38.2 Å². The Balaban J connectivity index is 1.79. The van der Waals surface area contributed by atoms with Gasteiger partial charge >= 0.3 is 6.18 Å². The van der Waals surface area contributed by atoms with Crippen LogP contribution in [0.25, 0.3) is 0 Å². The summed E-state index contributed by atoms with van der Waals surface area (Å²) in [5.41, 5.74) is -1.35. The maximum absolute atomic E-state index is 13.6. The molecular formula is C15H15F4NO2. The predicted molar refractivity (Wildman–Crippen MR) is 70.0 cm³/mol. The van der Waals surface area contributed by atoms with Crippen LogP contribution in [-0.2, 0) is 10.9 Å². The predicted octanol–water partition coefficient (Wildman–Crippen LogP) is 2.79. The lowest BCUT2D eigenvalue weighted by Crippen LogP contribution is -2.55.